The number of thiazole rings is 1. The largest absolute Gasteiger partial charge is 1.00 e. The van der Waals surface area contributed by atoms with E-state index in [9.17, 15) is 10.1 Å². The van der Waals surface area contributed by atoms with Crippen molar-refractivity contribution in [1.82, 2.24) is 4.98 Å². The zero-order valence-corrected chi connectivity index (χ0v) is 19.9. The molecule has 3 rings (SSSR count). The second-order valence-corrected chi connectivity index (χ2v) is 8.72. The third-order valence-corrected chi connectivity index (χ3v) is 5.36. The summed E-state index contributed by atoms with van der Waals surface area (Å²) in [5.74, 6) is 0. The molecule has 0 aliphatic carbocycles. The van der Waals surface area contributed by atoms with Gasteiger partial charge in [0.2, 0.25) is 5.13 Å². The number of nitrogens with zero attached hydrogens (tertiary/aromatic N) is 6. The van der Waals surface area contributed by atoms with Crippen LogP contribution in [0, 0.1) is 10.1 Å². The first-order valence-electron chi connectivity index (χ1n) is 9.37. The van der Waals surface area contributed by atoms with Gasteiger partial charge in [-0.25, -0.2) is 4.98 Å². The highest BCUT2D eigenvalue weighted by Crippen LogP contribution is 2.32. The van der Waals surface area contributed by atoms with E-state index in [1.165, 1.54) is 23.5 Å². The molecular weight excluding hydrogens is 468 g/mol. The Labute approximate surface area is 190 Å². The molecule has 0 atom stereocenters. The predicted molar refractivity (Wildman–Crippen MR) is 118 cm³/mol. The molecule has 0 saturated carbocycles. The lowest BCUT2D eigenvalue weighted by molar-refractivity contribution is -0.868. The first kappa shape index (κ1) is 23.8. The van der Waals surface area contributed by atoms with Gasteiger partial charge >= 0.3 is 0 Å². The lowest BCUT2D eigenvalue weighted by Crippen LogP contribution is -3.00. The SMILES string of the molecule is CCN(CC[N+](C)(C)C)c1ccc(/N=N/c2nc3ccc([N+](=O)[O-])cc3s2)cc1.[Br-]. The fourth-order valence-corrected chi connectivity index (χ4v) is 3.60. The molecular formula is C20H25BrN6O2S. The van der Waals surface area contributed by atoms with Crippen LogP contribution >= 0.6 is 11.3 Å². The van der Waals surface area contributed by atoms with Crippen LogP contribution in [-0.2, 0) is 0 Å². The maximum atomic E-state index is 10.9. The molecule has 0 bridgehead atoms. The monoisotopic (exact) mass is 492 g/mol. The van der Waals surface area contributed by atoms with Crippen LogP contribution in [0.15, 0.2) is 52.7 Å². The van der Waals surface area contributed by atoms with Crippen LogP contribution in [0.2, 0.25) is 0 Å². The number of halogens is 1. The van der Waals surface area contributed by atoms with E-state index < -0.39 is 4.92 Å². The summed E-state index contributed by atoms with van der Waals surface area (Å²) >= 11 is 1.28. The fraction of sp³-hybridized carbons (Fsp3) is 0.350. The standard InChI is InChI=1S/C20H25N6O2S.BrH/c1-5-24(12-13-26(2,3)4)16-8-6-15(7-9-16)22-23-20-21-18-11-10-17(25(27)28)14-19(18)29-20;/h6-11,14H,5,12-13H2,1-4H3;1H/q+1;/p-1/b23-22+;. The number of anilines is 1. The Bertz CT molecular complexity index is 1030. The molecule has 0 radical (unpaired) electrons. The van der Waals surface area contributed by atoms with E-state index in [4.69, 9.17) is 0 Å². The quantitative estimate of drug-likeness (QED) is 0.208. The molecule has 0 aliphatic rings. The van der Waals surface area contributed by atoms with Crippen LogP contribution in [0.25, 0.3) is 10.2 Å². The predicted octanol–water partition coefficient (Wildman–Crippen LogP) is 2.16. The van der Waals surface area contributed by atoms with Crippen LogP contribution < -0.4 is 21.9 Å². The van der Waals surface area contributed by atoms with E-state index in [0.29, 0.717) is 10.6 Å². The molecule has 3 aromatic rings. The first-order valence-corrected chi connectivity index (χ1v) is 10.2. The van der Waals surface area contributed by atoms with E-state index in [-0.39, 0.29) is 22.7 Å². The van der Waals surface area contributed by atoms with Gasteiger partial charge in [0.1, 0.15) is 0 Å². The Morgan fingerprint density at radius 2 is 1.83 bits per heavy atom. The number of non-ortho nitro benzene ring substituents is 1. The summed E-state index contributed by atoms with van der Waals surface area (Å²) in [6.07, 6.45) is 0. The van der Waals surface area contributed by atoms with Crippen molar-refractivity contribution < 1.29 is 26.4 Å². The zero-order valence-electron chi connectivity index (χ0n) is 17.4. The first-order chi connectivity index (χ1) is 13.7. The minimum atomic E-state index is -0.415. The number of benzene rings is 2. The van der Waals surface area contributed by atoms with Crippen molar-refractivity contribution in [3.8, 4) is 0 Å². The molecule has 0 fully saturated rings. The van der Waals surface area contributed by atoms with Gasteiger partial charge in [-0.2, -0.15) is 0 Å². The van der Waals surface area contributed by atoms with Crippen LogP contribution in [-0.4, -0.2) is 55.2 Å². The molecule has 2 aromatic carbocycles. The highest BCUT2D eigenvalue weighted by atomic mass is 79.9. The van der Waals surface area contributed by atoms with Crippen molar-refractivity contribution in [2.24, 2.45) is 10.2 Å². The Hall–Kier alpha value is -2.43. The third kappa shape index (κ3) is 6.28. The second kappa shape index (κ2) is 10.1. The average Bonchev–Trinajstić information content (AvgIpc) is 3.09. The number of likely N-dealkylation sites (N-methyl/N-ethyl adjacent to an activating group) is 2. The molecule has 1 heterocycles. The van der Waals surface area contributed by atoms with E-state index >= 15 is 0 Å². The van der Waals surface area contributed by atoms with E-state index in [1.807, 2.05) is 12.1 Å². The lowest BCUT2D eigenvalue weighted by atomic mass is 10.2. The van der Waals surface area contributed by atoms with Gasteiger partial charge in [0.05, 0.1) is 55.1 Å². The summed E-state index contributed by atoms with van der Waals surface area (Å²) in [6, 6.07) is 12.6. The van der Waals surface area contributed by atoms with Gasteiger partial charge in [-0.05, 0) is 37.3 Å². The zero-order chi connectivity index (χ0) is 21.0. The van der Waals surface area contributed by atoms with Gasteiger partial charge < -0.3 is 26.4 Å². The Kier molecular flexibility index (Phi) is 7.99. The smallest absolute Gasteiger partial charge is 0.270 e. The molecule has 0 saturated heterocycles. The molecule has 160 valence electrons. The van der Waals surface area contributed by atoms with Gasteiger partial charge in [0, 0.05) is 24.4 Å². The average molecular weight is 493 g/mol. The van der Waals surface area contributed by atoms with Gasteiger partial charge in [-0.3, -0.25) is 10.1 Å². The molecule has 0 aliphatic heterocycles. The van der Waals surface area contributed by atoms with Gasteiger partial charge in [0.15, 0.2) is 0 Å². The minimum Gasteiger partial charge on any atom is -1.00 e. The van der Waals surface area contributed by atoms with Crippen molar-refractivity contribution in [1.29, 1.82) is 0 Å². The minimum absolute atomic E-state index is 0. The number of hydrogen-bond donors (Lipinski definition) is 0. The van der Waals surface area contributed by atoms with Crippen molar-refractivity contribution in [3.05, 3.63) is 52.6 Å². The molecule has 1 aromatic heterocycles. The number of nitro benzene ring substituents is 1. The maximum Gasteiger partial charge on any atom is 0.270 e. The molecule has 0 unspecified atom stereocenters. The maximum absolute atomic E-state index is 10.9. The van der Waals surface area contributed by atoms with Gasteiger partial charge in [-0.1, -0.05) is 11.3 Å². The second-order valence-electron chi connectivity index (χ2n) is 7.72. The Balaban J connectivity index is 0.00000320. The lowest BCUT2D eigenvalue weighted by Gasteiger charge is -2.29. The number of rotatable bonds is 8. The normalized spacial score (nSPS) is 11.6. The number of aromatic nitrogens is 1. The highest BCUT2D eigenvalue weighted by Gasteiger charge is 2.12. The molecule has 0 N–H and O–H groups in total. The number of azo groups is 1. The van der Waals surface area contributed by atoms with Crippen LogP contribution in [0.1, 0.15) is 6.92 Å². The summed E-state index contributed by atoms with van der Waals surface area (Å²) in [6.45, 7) is 5.14. The van der Waals surface area contributed by atoms with Crippen LogP contribution in [0.4, 0.5) is 22.2 Å². The van der Waals surface area contributed by atoms with E-state index in [0.717, 1.165) is 40.2 Å². The number of nitro groups is 1. The van der Waals surface area contributed by atoms with Crippen molar-refractivity contribution in [2.75, 3.05) is 45.7 Å². The highest BCUT2D eigenvalue weighted by molar-refractivity contribution is 7.21. The summed E-state index contributed by atoms with van der Waals surface area (Å²) in [5.41, 5.74) is 2.63. The topological polar surface area (TPSA) is 84.0 Å². The van der Waals surface area contributed by atoms with Crippen molar-refractivity contribution >= 4 is 43.7 Å². The third-order valence-electron chi connectivity index (χ3n) is 4.46. The van der Waals surface area contributed by atoms with Gasteiger partial charge in [0.25, 0.3) is 5.69 Å². The van der Waals surface area contributed by atoms with Gasteiger partial charge in [-0.15, -0.1) is 10.2 Å². The Morgan fingerprint density at radius 1 is 1.13 bits per heavy atom. The number of hydrogen-bond acceptors (Lipinski definition) is 7. The van der Waals surface area contributed by atoms with Crippen LogP contribution in [0.5, 0.6) is 0 Å². The van der Waals surface area contributed by atoms with Crippen LogP contribution in [0.3, 0.4) is 0 Å². The molecule has 0 spiro atoms. The molecule has 30 heavy (non-hydrogen) atoms. The summed E-state index contributed by atoms with van der Waals surface area (Å²) in [7, 11) is 6.58. The molecule has 10 heteroatoms. The van der Waals surface area contributed by atoms with Crippen molar-refractivity contribution in [3.63, 3.8) is 0 Å². The number of quaternary nitrogens is 1. The summed E-state index contributed by atoms with van der Waals surface area (Å²) < 4.78 is 1.65. The van der Waals surface area contributed by atoms with E-state index in [2.05, 4.69) is 60.3 Å². The molecule has 8 nitrogen and oxygen atoms in total. The fourth-order valence-electron chi connectivity index (χ4n) is 2.78. The van der Waals surface area contributed by atoms with E-state index in [1.54, 1.807) is 6.07 Å². The summed E-state index contributed by atoms with van der Waals surface area (Å²) in [4.78, 5) is 17.2. The number of fused-ring (bicyclic) bond motifs is 1. The summed E-state index contributed by atoms with van der Waals surface area (Å²) in [5, 5.41) is 19.8. The van der Waals surface area contributed by atoms with Crippen molar-refractivity contribution in [2.45, 2.75) is 6.92 Å². The molecule has 0 amide bonds. The Morgan fingerprint density at radius 3 is 2.43 bits per heavy atom.